The Kier molecular flexibility index (Phi) is 5.72. The molecule has 0 spiro atoms. The lowest BCUT2D eigenvalue weighted by molar-refractivity contribution is -0.117. The Bertz CT molecular complexity index is 272. The molecule has 86 valence electrons. The number of carbonyl (C=O) groups excluding carboxylic acids is 2. The van der Waals surface area contributed by atoms with Crippen molar-refractivity contribution < 1.29 is 9.59 Å². The number of carbonyl (C=O) groups is 2. The quantitative estimate of drug-likeness (QED) is 0.515. The molecule has 0 heterocycles. The highest BCUT2D eigenvalue weighted by Gasteiger charge is 2.25. The summed E-state index contributed by atoms with van der Waals surface area (Å²) in [4.78, 5) is 23.2. The fraction of sp³-hybridized carbons (Fsp3) is 0.667. The van der Waals surface area contributed by atoms with E-state index in [2.05, 4.69) is 19.6 Å². The largest absolute Gasteiger partial charge is 0.295 e. The van der Waals surface area contributed by atoms with Crippen LogP contribution >= 0.6 is 0 Å². The first-order valence-corrected chi connectivity index (χ1v) is 9.11. The van der Waals surface area contributed by atoms with Gasteiger partial charge in [-0.15, -0.1) is 0 Å². The van der Waals surface area contributed by atoms with Gasteiger partial charge in [0.15, 0.2) is 11.6 Å². The van der Waals surface area contributed by atoms with Gasteiger partial charge in [0.2, 0.25) is 0 Å². The molecule has 0 aliphatic heterocycles. The average molecular weight is 226 g/mol. The maximum Gasteiger partial charge on any atom is 0.155 e. The summed E-state index contributed by atoms with van der Waals surface area (Å²) in [5.41, 5.74) is 0. The van der Waals surface area contributed by atoms with E-state index < -0.39 is 8.07 Å². The van der Waals surface area contributed by atoms with Crippen LogP contribution in [-0.4, -0.2) is 19.6 Å². The molecule has 0 rings (SSSR count). The average Bonchev–Trinajstić information content (AvgIpc) is 2.12. The highest BCUT2D eigenvalue weighted by atomic mass is 28.3. The molecule has 0 saturated carbocycles. The maximum absolute atomic E-state index is 11.9. The van der Waals surface area contributed by atoms with Crippen LogP contribution in [-0.2, 0) is 9.59 Å². The van der Waals surface area contributed by atoms with Gasteiger partial charge >= 0.3 is 0 Å². The normalized spacial score (nSPS) is 12.7. The number of ketones is 2. The van der Waals surface area contributed by atoms with E-state index in [4.69, 9.17) is 0 Å². The lowest BCUT2D eigenvalue weighted by atomic mass is 10.2. The van der Waals surface area contributed by atoms with Crippen molar-refractivity contribution in [3.05, 3.63) is 11.3 Å². The molecule has 0 bridgehead atoms. The van der Waals surface area contributed by atoms with Gasteiger partial charge in [-0.1, -0.05) is 33.5 Å². The summed E-state index contributed by atoms with van der Waals surface area (Å²) in [6.07, 6.45) is 3.48. The molecular formula is C12H22O2Si. The molecule has 0 aliphatic rings. The molecule has 0 aromatic carbocycles. The molecule has 0 saturated heterocycles. The maximum atomic E-state index is 11.9. The standard InChI is InChI=1S/C12H22O2Si/c1-6-8-11(14)12(15(3,4)5)9-10(13)7-2/h9H,6-8H2,1-5H3. The van der Waals surface area contributed by atoms with Gasteiger partial charge in [-0.05, 0) is 17.7 Å². The summed E-state index contributed by atoms with van der Waals surface area (Å²) in [6.45, 7) is 10.1. The molecular weight excluding hydrogens is 204 g/mol. The highest BCUT2D eigenvalue weighted by Crippen LogP contribution is 2.18. The molecule has 0 fully saturated rings. The Morgan fingerprint density at radius 3 is 2.00 bits per heavy atom. The van der Waals surface area contributed by atoms with Gasteiger partial charge in [0, 0.05) is 12.8 Å². The molecule has 3 heteroatoms. The van der Waals surface area contributed by atoms with Crippen LogP contribution in [0.3, 0.4) is 0 Å². The van der Waals surface area contributed by atoms with E-state index in [1.165, 1.54) is 0 Å². The molecule has 0 aromatic heterocycles. The van der Waals surface area contributed by atoms with Crippen LogP contribution in [0.25, 0.3) is 0 Å². The Hall–Kier alpha value is -0.703. The molecule has 0 atom stereocenters. The summed E-state index contributed by atoms with van der Waals surface area (Å²) in [5.74, 6) is 0.232. The lowest BCUT2D eigenvalue weighted by Crippen LogP contribution is -2.30. The van der Waals surface area contributed by atoms with Crippen LogP contribution < -0.4 is 0 Å². The van der Waals surface area contributed by atoms with E-state index in [1.807, 2.05) is 13.8 Å². The highest BCUT2D eigenvalue weighted by molar-refractivity contribution is 6.87. The minimum atomic E-state index is -1.68. The van der Waals surface area contributed by atoms with Gasteiger partial charge in [-0.2, -0.15) is 0 Å². The Morgan fingerprint density at radius 2 is 1.67 bits per heavy atom. The smallest absolute Gasteiger partial charge is 0.155 e. The summed E-state index contributed by atoms with van der Waals surface area (Å²) < 4.78 is 0. The first kappa shape index (κ1) is 14.3. The number of hydrogen-bond donors (Lipinski definition) is 0. The van der Waals surface area contributed by atoms with Crippen LogP contribution in [0.1, 0.15) is 33.1 Å². The molecule has 0 aromatic rings. The number of hydrogen-bond acceptors (Lipinski definition) is 2. The van der Waals surface area contributed by atoms with Gasteiger partial charge in [0.1, 0.15) is 0 Å². The molecule has 0 aliphatic carbocycles. The topological polar surface area (TPSA) is 34.1 Å². The zero-order chi connectivity index (χ0) is 12.1. The first-order valence-electron chi connectivity index (χ1n) is 5.61. The van der Waals surface area contributed by atoms with Crippen LogP contribution in [0.4, 0.5) is 0 Å². The Balaban J connectivity index is 4.99. The molecule has 15 heavy (non-hydrogen) atoms. The Labute approximate surface area is 93.8 Å². The fourth-order valence-electron chi connectivity index (χ4n) is 1.34. The zero-order valence-corrected chi connectivity index (χ0v) is 11.5. The third-order valence-corrected chi connectivity index (χ3v) is 4.28. The molecule has 0 amide bonds. The second-order valence-electron chi connectivity index (χ2n) is 4.80. The van der Waals surface area contributed by atoms with Gasteiger partial charge in [-0.25, -0.2) is 0 Å². The van der Waals surface area contributed by atoms with Crippen molar-refractivity contribution in [2.45, 2.75) is 52.8 Å². The SMILES string of the molecule is CCCC(=O)C(=CC(=O)CC)[Si](C)(C)C. The van der Waals surface area contributed by atoms with E-state index >= 15 is 0 Å². The predicted molar refractivity (Wildman–Crippen MR) is 66.6 cm³/mol. The van der Waals surface area contributed by atoms with Gasteiger partial charge in [-0.3, -0.25) is 9.59 Å². The summed E-state index contributed by atoms with van der Waals surface area (Å²) in [6, 6.07) is 0. The third kappa shape index (κ3) is 5.07. The van der Waals surface area contributed by atoms with Crippen molar-refractivity contribution in [3.8, 4) is 0 Å². The van der Waals surface area contributed by atoms with E-state index in [1.54, 1.807) is 6.08 Å². The van der Waals surface area contributed by atoms with Crippen molar-refractivity contribution >= 4 is 19.6 Å². The van der Waals surface area contributed by atoms with E-state index in [0.717, 1.165) is 11.6 Å². The second-order valence-corrected chi connectivity index (χ2v) is 9.84. The van der Waals surface area contributed by atoms with Crippen molar-refractivity contribution in [1.29, 1.82) is 0 Å². The number of Topliss-reactive ketones (excluding diaryl/α,β-unsaturated/α-hetero) is 1. The lowest BCUT2D eigenvalue weighted by Gasteiger charge is -2.19. The van der Waals surface area contributed by atoms with Crippen LogP contribution in [0.15, 0.2) is 11.3 Å². The molecule has 0 unspecified atom stereocenters. The monoisotopic (exact) mass is 226 g/mol. The number of rotatable bonds is 6. The van der Waals surface area contributed by atoms with Crippen LogP contribution in [0.2, 0.25) is 19.6 Å². The van der Waals surface area contributed by atoms with E-state index in [9.17, 15) is 9.59 Å². The molecule has 2 nitrogen and oxygen atoms in total. The summed E-state index contributed by atoms with van der Waals surface area (Å²) in [7, 11) is -1.68. The van der Waals surface area contributed by atoms with Crippen LogP contribution in [0.5, 0.6) is 0 Å². The second kappa shape index (κ2) is 6.01. The van der Waals surface area contributed by atoms with Crippen molar-refractivity contribution in [2.75, 3.05) is 0 Å². The molecule has 0 radical (unpaired) electrons. The third-order valence-electron chi connectivity index (χ3n) is 2.24. The predicted octanol–water partition coefficient (Wildman–Crippen LogP) is 3.14. The van der Waals surface area contributed by atoms with Gasteiger partial charge in [0.05, 0.1) is 8.07 Å². The first-order chi connectivity index (χ1) is 6.82. The van der Waals surface area contributed by atoms with Gasteiger partial charge < -0.3 is 0 Å². The van der Waals surface area contributed by atoms with Crippen molar-refractivity contribution in [1.82, 2.24) is 0 Å². The Morgan fingerprint density at radius 1 is 1.13 bits per heavy atom. The van der Waals surface area contributed by atoms with Gasteiger partial charge in [0.25, 0.3) is 0 Å². The minimum absolute atomic E-state index is 0.0666. The fourth-order valence-corrected chi connectivity index (χ4v) is 2.90. The van der Waals surface area contributed by atoms with Crippen molar-refractivity contribution in [3.63, 3.8) is 0 Å². The van der Waals surface area contributed by atoms with Crippen LogP contribution in [0, 0.1) is 0 Å². The number of allylic oxidation sites excluding steroid dienone is 2. The summed E-state index contributed by atoms with van der Waals surface area (Å²) in [5, 5.41) is 0.802. The van der Waals surface area contributed by atoms with E-state index in [0.29, 0.717) is 12.8 Å². The minimum Gasteiger partial charge on any atom is -0.295 e. The summed E-state index contributed by atoms with van der Waals surface area (Å²) >= 11 is 0. The molecule has 0 N–H and O–H groups in total. The van der Waals surface area contributed by atoms with E-state index in [-0.39, 0.29) is 11.6 Å². The zero-order valence-electron chi connectivity index (χ0n) is 10.5. The van der Waals surface area contributed by atoms with Crippen molar-refractivity contribution in [2.24, 2.45) is 0 Å².